The molecule has 0 radical (unpaired) electrons. The first kappa shape index (κ1) is 7.90. The van der Waals surface area contributed by atoms with Crippen LogP contribution in [0.2, 0.25) is 0 Å². The molecule has 2 atom stereocenters. The lowest BCUT2D eigenvalue weighted by Gasteiger charge is -1.92. The number of hydrogen-bond donors (Lipinski definition) is 0. The van der Waals surface area contributed by atoms with E-state index < -0.39 is 0 Å². The number of furan rings is 1. The molecule has 0 N–H and O–H groups in total. The molecular weight excluding hydrogens is 148 g/mol. The highest BCUT2D eigenvalue weighted by Gasteiger charge is 2.36. The third kappa shape index (κ3) is 1.40. The van der Waals surface area contributed by atoms with Crippen molar-refractivity contribution in [1.82, 2.24) is 0 Å². The molecule has 0 saturated heterocycles. The van der Waals surface area contributed by atoms with Crippen molar-refractivity contribution in [2.75, 3.05) is 0 Å². The van der Waals surface area contributed by atoms with Gasteiger partial charge in [0, 0.05) is 12.3 Å². The third-order valence-corrected chi connectivity index (χ3v) is 2.65. The molecule has 1 fully saturated rings. The lowest BCUT2D eigenvalue weighted by molar-refractivity contribution is 0.459. The molecule has 1 aromatic rings. The summed E-state index contributed by atoms with van der Waals surface area (Å²) in [5.41, 5.74) is 0. The van der Waals surface area contributed by atoms with Crippen LogP contribution in [-0.4, -0.2) is 0 Å². The van der Waals surface area contributed by atoms with Crippen LogP contribution >= 0.6 is 0 Å². The molecule has 2 unspecified atom stereocenters. The maximum absolute atomic E-state index is 5.72. The smallest absolute Gasteiger partial charge is 0.107 e. The largest absolute Gasteiger partial charge is 0.466 e. The predicted molar refractivity (Wildman–Crippen MR) is 49.2 cm³/mol. The van der Waals surface area contributed by atoms with E-state index in [0.717, 1.165) is 24.0 Å². The molecule has 0 bridgehead atoms. The van der Waals surface area contributed by atoms with Gasteiger partial charge in [-0.2, -0.15) is 0 Å². The highest BCUT2D eigenvalue weighted by molar-refractivity contribution is 5.17. The SMILES string of the molecule is CCCc1ccc(C2CC2C)o1. The van der Waals surface area contributed by atoms with Crippen LogP contribution in [0.4, 0.5) is 0 Å². The van der Waals surface area contributed by atoms with E-state index in [9.17, 15) is 0 Å². The van der Waals surface area contributed by atoms with E-state index in [1.54, 1.807) is 0 Å². The van der Waals surface area contributed by atoms with Crippen LogP contribution in [0.25, 0.3) is 0 Å². The zero-order valence-electron chi connectivity index (χ0n) is 7.84. The van der Waals surface area contributed by atoms with Crippen LogP contribution in [-0.2, 0) is 6.42 Å². The molecule has 1 aliphatic rings. The Morgan fingerprint density at radius 3 is 2.83 bits per heavy atom. The summed E-state index contributed by atoms with van der Waals surface area (Å²) in [6.45, 7) is 4.47. The fourth-order valence-corrected chi connectivity index (χ4v) is 1.69. The van der Waals surface area contributed by atoms with Gasteiger partial charge >= 0.3 is 0 Å². The van der Waals surface area contributed by atoms with Crippen LogP contribution in [0.3, 0.4) is 0 Å². The summed E-state index contributed by atoms with van der Waals surface area (Å²) in [4.78, 5) is 0. The van der Waals surface area contributed by atoms with Gasteiger partial charge in [-0.3, -0.25) is 0 Å². The molecule has 0 amide bonds. The lowest BCUT2D eigenvalue weighted by Crippen LogP contribution is -1.77. The number of hydrogen-bond acceptors (Lipinski definition) is 1. The fourth-order valence-electron chi connectivity index (χ4n) is 1.69. The van der Waals surface area contributed by atoms with Gasteiger partial charge in [0.25, 0.3) is 0 Å². The van der Waals surface area contributed by atoms with Gasteiger partial charge in [0.05, 0.1) is 0 Å². The summed E-state index contributed by atoms with van der Waals surface area (Å²) in [5.74, 6) is 3.96. The predicted octanol–water partition coefficient (Wildman–Crippen LogP) is 3.36. The summed E-state index contributed by atoms with van der Waals surface area (Å²) < 4.78 is 5.72. The summed E-state index contributed by atoms with van der Waals surface area (Å²) in [7, 11) is 0. The zero-order valence-corrected chi connectivity index (χ0v) is 7.84. The third-order valence-electron chi connectivity index (χ3n) is 2.65. The minimum Gasteiger partial charge on any atom is -0.466 e. The van der Waals surface area contributed by atoms with Crippen molar-refractivity contribution >= 4 is 0 Å². The van der Waals surface area contributed by atoms with Gasteiger partial charge in [-0.05, 0) is 30.9 Å². The molecular formula is C11H16O. The van der Waals surface area contributed by atoms with Gasteiger partial charge in [-0.15, -0.1) is 0 Å². The standard InChI is InChI=1S/C11H16O/c1-3-4-9-5-6-11(12-9)10-7-8(10)2/h5-6,8,10H,3-4,7H2,1-2H3. The molecule has 1 saturated carbocycles. The van der Waals surface area contributed by atoms with Gasteiger partial charge in [-0.1, -0.05) is 13.8 Å². The highest BCUT2D eigenvalue weighted by Crippen LogP contribution is 2.47. The molecule has 1 heterocycles. The normalized spacial score (nSPS) is 27.5. The van der Waals surface area contributed by atoms with E-state index >= 15 is 0 Å². The van der Waals surface area contributed by atoms with E-state index in [0.29, 0.717) is 0 Å². The van der Waals surface area contributed by atoms with Gasteiger partial charge in [0.1, 0.15) is 11.5 Å². The monoisotopic (exact) mass is 164 g/mol. The van der Waals surface area contributed by atoms with E-state index in [1.807, 2.05) is 0 Å². The van der Waals surface area contributed by atoms with E-state index in [1.165, 1.54) is 18.6 Å². The van der Waals surface area contributed by atoms with Gasteiger partial charge in [-0.25, -0.2) is 0 Å². The second-order valence-corrected chi connectivity index (χ2v) is 3.87. The molecule has 0 aliphatic heterocycles. The summed E-state index contributed by atoms with van der Waals surface area (Å²) >= 11 is 0. The van der Waals surface area contributed by atoms with Crippen molar-refractivity contribution in [2.24, 2.45) is 5.92 Å². The van der Waals surface area contributed by atoms with Crippen LogP contribution < -0.4 is 0 Å². The van der Waals surface area contributed by atoms with E-state index in [-0.39, 0.29) is 0 Å². The summed E-state index contributed by atoms with van der Waals surface area (Å²) in [5, 5.41) is 0. The quantitative estimate of drug-likeness (QED) is 0.667. The maximum Gasteiger partial charge on any atom is 0.107 e. The molecule has 2 rings (SSSR count). The van der Waals surface area contributed by atoms with Crippen molar-refractivity contribution in [3.05, 3.63) is 23.7 Å². The molecule has 12 heavy (non-hydrogen) atoms. The maximum atomic E-state index is 5.72. The van der Waals surface area contributed by atoms with Crippen molar-refractivity contribution in [1.29, 1.82) is 0 Å². The first-order chi connectivity index (χ1) is 5.81. The Morgan fingerprint density at radius 2 is 2.25 bits per heavy atom. The van der Waals surface area contributed by atoms with Gasteiger partial charge < -0.3 is 4.42 Å². The first-order valence-electron chi connectivity index (χ1n) is 4.90. The fraction of sp³-hybridized carbons (Fsp3) is 0.636. The van der Waals surface area contributed by atoms with Crippen LogP contribution in [0.15, 0.2) is 16.5 Å². The second-order valence-electron chi connectivity index (χ2n) is 3.87. The van der Waals surface area contributed by atoms with Crippen molar-refractivity contribution in [3.8, 4) is 0 Å². The number of aryl methyl sites for hydroxylation is 1. The van der Waals surface area contributed by atoms with Gasteiger partial charge in [0.15, 0.2) is 0 Å². The zero-order chi connectivity index (χ0) is 8.55. The first-order valence-corrected chi connectivity index (χ1v) is 4.90. The Kier molecular flexibility index (Phi) is 1.95. The Bertz CT molecular complexity index is 262. The topological polar surface area (TPSA) is 13.1 Å². The van der Waals surface area contributed by atoms with Crippen LogP contribution in [0.5, 0.6) is 0 Å². The van der Waals surface area contributed by atoms with Crippen LogP contribution in [0.1, 0.15) is 44.1 Å². The molecule has 0 aromatic carbocycles. The Morgan fingerprint density at radius 1 is 1.50 bits per heavy atom. The minimum atomic E-state index is 0.732. The van der Waals surface area contributed by atoms with E-state index in [4.69, 9.17) is 4.42 Å². The molecule has 0 spiro atoms. The average molecular weight is 164 g/mol. The van der Waals surface area contributed by atoms with E-state index in [2.05, 4.69) is 26.0 Å². The Labute approximate surface area is 73.8 Å². The molecule has 66 valence electrons. The van der Waals surface area contributed by atoms with Crippen molar-refractivity contribution < 1.29 is 4.42 Å². The molecule has 1 heteroatoms. The Balaban J connectivity index is 2.04. The molecule has 1 aromatic heterocycles. The second kappa shape index (κ2) is 2.96. The molecule has 1 nitrogen and oxygen atoms in total. The average Bonchev–Trinajstić information content (AvgIpc) is 2.62. The van der Waals surface area contributed by atoms with Crippen LogP contribution in [0, 0.1) is 5.92 Å². The summed E-state index contributed by atoms with van der Waals surface area (Å²) in [6, 6.07) is 4.28. The Hall–Kier alpha value is -0.720. The summed E-state index contributed by atoms with van der Waals surface area (Å²) in [6.07, 6.45) is 3.58. The minimum absolute atomic E-state index is 0.732. The highest BCUT2D eigenvalue weighted by atomic mass is 16.3. The van der Waals surface area contributed by atoms with Crippen molar-refractivity contribution in [3.63, 3.8) is 0 Å². The number of rotatable bonds is 3. The van der Waals surface area contributed by atoms with Gasteiger partial charge in [0.2, 0.25) is 0 Å². The lowest BCUT2D eigenvalue weighted by atomic mass is 10.2. The molecule has 1 aliphatic carbocycles. The van der Waals surface area contributed by atoms with Crippen molar-refractivity contribution in [2.45, 2.75) is 39.0 Å².